The van der Waals surface area contributed by atoms with E-state index >= 15 is 8.78 Å². The molecule has 1 saturated heterocycles. The van der Waals surface area contributed by atoms with Gasteiger partial charge >= 0.3 is 0 Å². The number of hydrogen-bond donors (Lipinski definition) is 1. The first kappa shape index (κ1) is 23.3. The van der Waals surface area contributed by atoms with E-state index in [0.29, 0.717) is 18.4 Å². The van der Waals surface area contributed by atoms with Crippen LogP contribution >= 0.6 is 0 Å². The molecule has 0 unspecified atom stereocenters. The highest BCUT2D eigenvalue weighted by Crippen LogP contribution is 2.47. The van der Waals surface area contributed by atoms with Crippen LogP contribution in [0.2, 0.25) is 0 Å². The molecule has 2 aliphatic rings. The van der Waals surface area contributed by atoms with Crippen LogP contribution in [0, 0.1) is 24.0 Å². The lowest BCUT2D eigenvalue weighted by atomic mass is 9.63. The van der Waals surface area contributed by atoms with Crippen molar-refractivity contribution in [2.24, 2.45) is 0 Å². The van der Waals surface area contributed by atoms with Gasteiger partial charge in [0, 0.05) is 30.5 Å². The van der Waals surface area contributed by atoms with Gasteiger partial charge in [0.15, 0.2) is 0 Å². The van der Waals surface area contributed by atoms with Gasteiger partial charge < -0.3 is 4.98 Å². The maximum absolute atomic E-state index is 15.4. The molecule has 7 nitrogen and oxygen atoms in total. The summed E-state index contributed by atoms with van der Waals surface area (Å²) in [5, 5.41) is 6.81. The molecule has 1 aliphatic carbocycles. The summed E-state index contributed by atoms with van der Waals surface area (Å²) >= 11 is 0. The van der Waals surface area contributed by atoms with Gasteiger partial charge in [-0.2, -0.15) is 4.31 Å². The third-order valence-electron chi connectivity index (χ3n) is 6.95. The molecule has 1 N–H and O–H groups in total. The first-order valence-corrected chi connectivity index (χ1v) is 12.6. The van der Waals surface area contributed by atoms with Gasteiger partial charge in [0.25, 0.3) is 0 Å². The van der Waals surface area contributed by atoms with Gasteiger partial charge in [-0.1, -0.05) is 36.3 Å². The second-order valence-electron chi connectivity index (χ2n) is 8.98. The van der Waals surface area contributed by atoms with Crippen molar-refractivity contribution in [3.05, 3.63) is 82.9 Å². The van der Waals surface area contributed by atoms with Gasteiger partial charge in [-0.3, -0.25) is 4.79 Å². The van der Waals surface area contributed by atoms with Crippen molar-refractivity contribution < 1.29 is 22.0 Å². The van der Waals surface area contributed by atoms with Crippen molar-refractivity contribution >= 4 is 15.8 Å². The number of aromatic amines is 1. The molecule has 2 atom stereocenters. The van der Waals surface area contributed by atoms with Crippen molar-refractivity contribution in [3.8, 4) is 12.3 Å². The van der Waals surface area contributed by atoms with Gasteiger partial charge in [0.1, 0.15) is 34.8 Å². The van der Waals surface area contributed by atoms with E-state index in [4.69, 9.17) is 6.42 Å². The van der Waals surface area contributed by atoms with Crippen molar-refractivity contribution in [1.29, 1.82) is 0 Å². The Morgan fingerprint density at radius 2 is 1.89 bits per heavy atom. The number of ketones is 1. The Morgan fingerprint density at radius 1 is 1.14 bits per heavy atom. The normalized spacial score (nSPS) is 23.4. The number of aromatic nitrogens is 3. The SMILES string of the molecule is C#C[C@H]1CC[C@H](c2ccccc2)S(=O)(=O)N1Cc1cc(F)c(C2(c3nnc[nH]3)CC(=O)C2)cc1F. The zero-order valence-corrected chi connectivity index (χ0v) is 19.4. The van der Waals surface area contributed by atoms with Crippen molar-refractivity contribution in [2.75, 3.05) is 0 Å². The van der Waals surface area contributed by atoms with Gasteiger partial charge in [-0.15, -0.1) is 16.6 Å². The molecule has 1 aliphatic heterocycles. The van der Waals surface area contributed by atoms with Crippen LogP contribution < -0.4 is 0 Å². The molecule has 0 radical (unpaired) electrons. The predicted octanol–water partition coefficient (Wildman–Crippen LogP) is 3.40. The van der Waals surface area contributed by atoms with Crippen molar-refractivity contribution in [3.63, 3.8) is 0 Å². The molecule has 0 amide bonds. The molecule has 35 heavy (non-hydrogen) atoms. The monoisotopic (exact) mass is 496 g/mol. The fraction of sp³-hybridized carbons (Fsp3) is 0.320. The summed E-state index contributed by atoms with van der Waals surface area (Å²) in [6.07, 6.45) is 7.60. The molecular formula is C25H22F2N4O3S. The van der Waals surface area contributed by atoms with E-state index in [0.717, 1.165) is 16.4 Å². The first-order chi connectivity index (χ1) is 16.8. The smallest absolute Gasteiger partial charge is 0.222 e. The molecule has 0 spiro atoms. The Hall–Kier alpha value is -3.42. The van der Waals surface area contributed by atoms with Crippen LogP contribution in [0.25, 0.3) is 0 Å². The van der Waals surface area contributed by atoms with E-state index in [9.17, 15) is 13.2 Å². The lowest BCUT2D eigenvalue weighted by molar-refractivity contribution is -0.127. The lowest BCUT2D eigenvalue weighted by Crippen LogP contribution is -2.46. The Bertz CT molecular complexity index is 1410. The number of rotatable bonds is 5. The topological polar surface area (TPSA) is 96.0 Å². The van der Waals surface area contributed by atoms with E-state index in [1.165, 1.54) is 6.33 Å². The minimum atomic E-state index is -3.95. The number of terminal acetylenes is 1. The highest BCUT2D eigenvalue weighted by molar-refractivity contribution is 7.89. The second kappa shape index (κ2) is 8.66. The summed E-state index contributed by atoms with van der Waals surface area (Å²) in [4.78, 5) is 14.6. The lowest BCUT2D eigenvalue weighted by Gasteiger charge is -2.39. The van der Waals surface area contributed by atoms with Gasteiger partial charge in [0.2, 0.25) is 10.0 Å². The molecule has 2 fully saturated rings. The maximum Gasteiger partial charge on any atom is 0.222 e. The number of carbonyl (C=O) groups is 1. The zero-order chi connectivity index (χ0) is 24.8. The van der Waals surface area contributed by atoms with E-state index in [1.54, 1.807) is 30.3 Å². The molecule has 5 rings (SSSR count). The number of sulfonamides is 1. The van der Waals surface area contributed by atoms with E-state index < -0.39 is 44.9 Å². The summed E-state index contributed by atoms with van der Waals surface area (Å²) < 4.78 is 58.8. The number of nitrogens with one attached hydrogen (secondary N) is 1. The standard InChI is InChI=1S/C25H22F2N4O3S/c1-2-18-8-9-23(16-6-4-3-5-7-16)35(33,34)31(18)14-17-10-22(27)20(11-21(17)26)25(12-19(32)13-25)24-28-15-29-30-24/h1,3-7,10-11,15,18,23H,8-9,12-14H2,(H,28,29,30)/t18-,23+/m0/s1. The summed E-state index contributed by atoms with van der Waals surface area (Å²) in [5.41, 5.74) is -0.665. The molecule has 2 heterocycles. The van der Waals surface area contributed by atoms with Crippen LogP contribution in [0.1, 0.15) is 53.4 Å². The molecular weight excluding hydrogens is 474 g/mol. The molecule has 180 valence electrons. The number of H-pyrrole nitrogens is 1. The number of nitrogens with zero attached hydrogens (tertiary/aromatic N) is 3. The highest BCUT2D eigenvalue weighted by Gasteiger charge is 2.51. The van der Waals surface area contributed by atoms with Crippen LogP contribution in [-0.4, -0.2) is 39.7 Å². The van der Waals surface area contributed by atoms with Crippen LogP contribution in [-0.2, 0) is 26.8 Å². The minimum Gasteiger partial charge on any atom is -0.331 e. The van der Waals surface area contributed by atoms with Gasteiger partial charge in [-0.25, -0.2) is 17.2 Å². The van der Waals surface area contributed by atoms with Crippen molar-refractivity contribution in [2.45, 2.75) is 48.9 Å². The summed E-state index contributed by atoms with van der Waals surface area (Å²) in [7, 11) is -3.95. The average molecular weight is 497 g/mol. The van der Waals surface area contributed by atoms with Crippen LogP contribution in [0.3, 0.4) is 0 Å². The molecule has 0 bridgehead atoms. The maximum atomic E-state index is 15.4. The number of benzene rings is 2. The third-order valence-corrected chi connectivity index (χ3v) is 9.21. The number of halogens is 2. The van der Waals surface area contributed by atoms with Crippen molar-refractivity contribution in [1.82, 2.24) is 19.5 Å². The number of carbonyl (C=O) groups excluding carboxylic acids is 1. The molecule has 2 aromatic carbocycles. The van der Waals surface area contributed by atoms with E-state index in [-0.39, 0.29) is 35.6 Å². The predicted molar refractivity (Wildman–Crippen MR) is 123 cm³/mol. The Kier molecular flexibility index (Phi) is 5.77. The van der Waals surface area contributed by atoms with Gasteiger partial charge in [-0.05, 0) is 30.5 Å². The highest BCUT2D eigenvalue weighted by atomic mass is 32.2. The van der Waals surface area contributed by atoms with Crippen LogP contribution in [0.4, 0.5) is 8.78 Å². The molecule has 3 aromatic rings. The Labute approximate surface area is 201 Å². The third kappa shape index (κ3) is 3.85. The molecule has 1 aromatic heterocycles. The fourth-order valence-corrected chi connectivity index (χ4v) is 7.21. The number of Topliss-reactive ketones (excluding diaryl/α,β-unsaturated/α-hetero) is 1. The quantitative estimate of drug-likeness (QED) is 0.547. The zero-order valence-electron chi connectivity index (χ0n) is 18.6. The van der Waals surface area contributed by atoms with Crippen LogP contribution in [0.15, 0.2) is 48.8 Å². The summed E-state index contributed by atoms with van der Waals surface area (Å²) in [5.74, 6) is 1.12. The molecule has 1 saturated carbocycles. The minimum absolute atomic E-state index is 0.0211. The van der Waals surface area contributed by atoms with Gasteiger partial charge in [0.05, 0.1) is 11.5 Å². The second-order valence-corrected chi connectivity index (χ2v) is 11.1. The largest absolute Gasteiger partial charge is 0.331 e. The Morgan fingerprint density at radius 3 is 2.51 bits per heavy atom. The fourth-order valence-electron chi connectivity index (χ4n) is 5.11. The summed E-state index contributed by atoms with van der Waals surface area (Å²) in [6.45, 7) is -0.405. The average Bonchev–Trinajstić information content (AvgIpc) is 3.36. The number of hydrogen-bond acceptors (Lipinski definition) is 5. The Balaban J connectivity index is 1.50. The molecule has 10 heteroatoms. The van der Waals surface area contributed by atoms with Crippen LogP contribution in [0.5, 0.6) is 0 Å². The first-order valence-electron chi connectivity index (χ1n) is 11.1. The van der Waals surface area contributed by atoms with E-state index in [2.05, 4.69) is 21.1 Å². The summed E-state index contributed by atoms with van der Waals surface area (Å²) in [6, 6.07) is 10.0. The van der Waals surface area contributed by atoms with E-state index in [1.807, 2.05) is 0 Å².